The van der Waals surface area contributed by atoms with Crippen LogP contribution in [-0.4, -0.2) is 39.6 Å². The van der Waals surface area contributed by atoms with Crippen molar-refractivity contribution in [2.45, 2.75) is 19.9 Å². The van der Waals surface area contributed by atoms with Crippen molar-refractivity contribution in [2.75, 3.05) is 18.9 Å². The van der Waals surface area contributed by atoms with Gasteiger partial charge in [0, 0.05) is 29.8 Å². The number of amides is 1. The highest BCUT2D eigenvalue weighted by Gasteiger charge is 2.21. The molecule has 0 aliphatic carbocycles. The minimum Gasteiger partial charge on any atom is -0.301 e. The highest BCUT2D eigenvalue weighted by molar-refractivity contribution is 7.15. The molecule has 0 saturated heterocycles. The summed E-state index contributed by atoms with van der Waals surface area (Å²) in [6, 6.07) is 5.90. The van der Waals surface area contributed by atoms with Gasteiger partial charge in [-0.15, -0.1) is 11.3 Å². The second kappa shape index (κ2) is 5.43. The minimum atomic E-state index is -0.221. The predicted molar refractivity (Wildman–Crippen MR) is 90.9 cm³/mol. The van der Waals surface area contributed by atoms with Gasteiger partial charge in [0.25, 0.3) is 5.91 Å². The highest BCUT2D eigenvalue weighted by Crippen LogP contribution is 2.28. The molecule has 2 N–H and O–H groups in total. The van der Waals surface area contributed by atoms with E-state index in [1.54, 1.807) is 11.3 Å². The lowest BCUT2D eigenvalue weighted by Gasteiger charge is -2.20. The van der Waals surface area contributed by atoms with Gasteiger partial charge in [0.15, 0.2) is 10.8 Å². The number of aryl methyl sites for hydroxylation is 1. The SMILES string of the molecule is Cc1ccc2[nH]nc(C(=O)Nc3nc4c(s3)CN(C)CC4)c2c1. The summed E-state index contributed by atoms with van der Waals surface area (Å²) in [5.74, 6) is -0.221. The molecule has 1 amide bonds. The molecule has 6 nitrogen and oxygen atoms in total. The number of hydrogen-bond acceptors (Lipinski definition) is 5. The fraction of sp³-hybridized carbons (Fsp3) is 0.312. The van der Waals surface area contributed by atoms with Crippen LogP contribution < -0.4 is 5.32 Å². The average Bonchev–Trinajstić information content (AvgIpc) is 3.09. The Morgan fingerprint density at radius 3 is 3.17 bits per heavy atom. The van der Waals surface area contributed by atoms with Gasteiger partial charge in [0.05, 0.1) is 11.2 Å². The number of thiazole rings is 1. The average molecular weight is 327 g/mol. The zero-order chi connectivity index (χ0) is 16.0. The molecule has 0 unspecified atom stereocenters. The summed E-state index contributed by atoms with van der Waals surface area (Å²) in [4.78, 5) is 20.6. The molecule has 0 atom stereocenters. The van der Waals surface area contributed by atoms with Crippen molar-refractivity contribution in [1.82, 2.24) is 20.1 Å². The number of aromatic amines is 1. The molecule has 2 aromatic heterocycles. The quantitative estimate of drug-likeness (QED) is 0.759. The fourth-order valence-electron chi connectivity index (χ4n) is 2.83. The monoisotopic (exact) mass is 327 g/mol. The van der Waals surface area contributed by atoms with Crippen LogP contribution in [0, 0.1) is 6.92 Å². The molecule has 0 saturated carbocycles. The normalized spacial score (nSPS) is 14.9. The van der Waals surface area contributed by atoms with Crippen molar-refractivity contribution >= 4 is 33.3 Å². The van der Waals surface area contributed by atoms with Gasteiger partial charge < -0.3 is 4.90 Å². The Morgan fingerprint density at radius 2 is 2.30 bits per heavy atom. The molecule has 118 valence electrons. The lowest BCUT2D eigenvalue weighted by atomic mass is 10.1. The molecule has 0 radical (unpaired) electrons. The van der Waals surface area contributed by atoms with Gasteiger partial charge in [-0.2, -0.15) is 5.10 Å². The van der Waals surface area contributed by atoms with Gasteiger partial charge in [-0.05, 0) is 26.1 Å². The van der Waals surface area contributed by atoms with Gasteiger partial charge in [0.2, 0.25) is 0 Å². The van der Waals surface area contributed by atoms with E-state index in [1.807, 2.05) is 25.1 Å². The van der Waals surface area contributed by atoms with Gasteiger partial charge in [-0.25, -0.2) is 4.98 Å². The van der Waals surface area contributed by atoms with E-state index in [-0.39, 0.29) is 5.91 Å². The first-order chi connectivity index (χ1) is 11.1. The van der Waals surface area contributed by atoms with Crippen molar-refractivity contribution in [3.05, 3.63) is 40.0 Å². The molecular weight excluding hydrogens is 310 g/mol. The molecule has 0 bridgehead atoms. The van der Waals surface area contributed by atoms with E-state index >= 15 is 0 Å². The lowest BCUT2D eigenvalue weighted by Crippen LogP contribution is -2.25. The van der Waals surface area contributed by atoms with Crippen LogP contribution in [0.15, 0.2) is 18.2 Å². The van der Waals surface area contributed by atoms with Crippen molar-refractivity contribution in [2.24, 2.45) is 0 Å². The molecule has 3 aromatic rings. The first-order valence-electron chi connectivity index (χ1n) is 7.53. The number of H-pyrrole nitrogens is 1. The Bertz CT molecular complexity index is 897. The summed E-state index contributed by atoms with van der Waals surface area (Å²) in [6.45, 7) is 3.90. The summed E-state index contributed by atoms with van der Waals surface area (Å²) in [6.07, 6.45) is 0.933. The maximum absolute atomic E-state index is 12.5. The van der Waals surface area contributed by atoms with Gasteiger partial charge >= 0.3 is 0 Å². The van der Waals surface area contributed by atoms with Crippen LogP contribution in [0.2, 0.25) is 0 Å². The molecule has 1 aliphatic heterocycles. The molecule has 0 spiro atoms. The van der Waals surface area contributed by atoms with Gasteiger partial charge in [-0.3, -0.25) is 15.2 Å². The predicted octanol–water partition coefficient (Wildman–Crippen LogP) is 2.57. The standard InChI is InChI=1S/C16H17N5OS/c1-9-3-4-11-10(7-9)14(20-19-11)15(22)18-16-17-12-5-6-21(2)8-13(12)23-16/h3-4,7H,5-6,8H2,1-2H3,(H,19,20)(H,17,18,22). The molecule has 0 fully saturated rings. The maximum atomic E-state index is 12.5. The zero-order valence-electron chi connectivity index (χ0n) is 13.0. The Hall–Kier alpha value is -2.25. The van der Waals surface area contributed by atoms with Crippen LogP contribution in [0.5, 0.6) is 0 Å². The zero-order valence-corrected chi connectivity index (χ0v) is 13.8. The molecule has 1 aromatic carbocycles. The molecule has 4 rings (SSSR count). The Kier molecular flexibility index (Phi) is 3.39. The summed E-state index contributed by atoms with van der Waals surface area (Å²) >= 11 is 1.55. The smallest absolute Gasteiger partial charge is 0.278 e. The number of nitrogens with zero attached hydrogens (tertiary/aromatic N) is 3. The highest BCUT2D eigenvalue weighted by atomic mass is 32.1. The number of rotatable bonds is 2. The third-order valence-corrected chi connectivity index (χ3v) is 5.07. The summed E-state index contributed by atoms with van der Waals surface area (Å²) < 4.78 is 0. The molecule has 1 aliphatic rings. The van der Waals surface area contributed by atoms with E-state index in [2.05, 4.69) is 32.4 Å². The minimum absolute atomic E-state index is 0.221. The fourth-order valence-corrected chi connectivity index (χ4v) is 3.92. The Balaban J connectivity index is 1.61. The van der Waals surface area contributed by atoms with Gasteiger partial charge in [-0.1, -0.05) is 11.6 Å². The topological polar surface area (TPSA) is 73.9 Å². The number of benzene rings is 1. The molecular formula is C16H17N5OS. The number of aromatic nitrogens is 3. The van der Waals surface area contributed by atoms with E-state index in [4.69, 9.17) is 0 Å². The number of fused-ring (bicyclic) bond motifs is 2. The first kappa shape index (κ1) is 14.3. The van der Waals surface area contributed by atoms with Gasteiger partial charge in [0.1, 0.15) is 0 Å². The second-order valence-electron chi connectivity index (χ2n) is 5.95. The van der Waals surface area contributed by atoms with E-state index in [9.17, 15) is 4.79 Å². The Labute approximate surface area is 137 Å². The van der Waals surface area contributed by atoms with Crippen LogP contribution in [0.3, 0.4) is 0 Å². The number of likely N-dealkylation sites (N-methyl/N-ethyl adjacent to an activating group) is 1. The van der Waals surface area contributed by atoms with Crippen molar-refractivity contribution < 1.29 is 4.79 Å². The van der Waals surface area contributed by atoms with E-state index in [0.29, 0.717) is 10.8 Å². The van der Waals surface area contributed by atoms with Crippen LogP contribution in [0.1, 0.15) is 26.6 Å². The van der Waals surface area contributed by atoms with E-state index in [1.165, 1.54) is 4.88 Å². The van der Waals surface area contributed by atoms with Crippen LogP contribution in [0.25, 0.3) is 10.9 Å². The van der Waals surface area contributed by atoms with Crippen LogP contribution in [0.4, 0.5) is 5.13 Å². The largest absolute Gasteiger partial charge is 0.301 e. The second-order valence-corrected chi connectivity index (χ2v) is 7.04. The molecule has 3 heterocycles. The summed E-state index contributed by atoms with van der Waals surface area (Å²) in [7, 11) is 2.10. The number of nitrogens with one attached hydrogen (secondary N) is 2. The van der Waals surface area contributed by atoms with Crippen molar-refractivity contribution in [3.8, 4) is 0 Å². The maximum Gasteiger partial charge on any atom is 0.278 e. The Morgan fingerprint density at radius 1 is 1.43 bits per heavy atom. The van der Waals surface area contributed by atoms with Crippen LogP contribution >= 0.6 is 11.3 Å². The number of anilines is 1. The summed E-state index contributed by atoms with van der Waals surface area (Å²) in [5.41, 5.74) is 3.47. The van der Waals surface area contributed by atoms with Crippen molar-refractivity contribution in [3.63, 3.8) is 0 Å². The lowest BCUT2D eigenvalue weighted by molar-refractivity contribution is 0.102. The first-order valence-corrected chi connectivity index (χ1v) is 8.35. The number of hydrogen-bond donors (Lipinski definition) is 2. The van der Waals surface area contributed by atoms with Crippen molar-refractivity contribution in [1.29, 1.82) is 0 Å². The number of carbonyl (C=O) groups excluding carboxylic acids is 1. The third kappa shape index (κ3) is 2.62. The summed E-state index contributed by atoms with van der Waals surface area (Å²) in [5, 5.41) is 11.4. The third-order valence-electron chi connectivity index (χ3n) is 4.08. The van der Waals surface area contributed by atoms with E-state index < -0.39 is 0 Å². The van der Waals surface area contributed by atoms with Crippen LogP contribution in [-0.2, 0) is 13.0 Å². The number of carbonyl (C=O) groups is 1. The molecule has 7 heteroatoms. The molecule has 23 heavy (non-hydrogen) atoms. The van der Waals surface area contributed by atoms with E-state index in [0.717, 1.165) is 41.7 Å².